The van der Waals surface area contributed by atoms with E-state index >= 15 is 0 Å². The molecular weight excluding hydrogens is 387 g/mol. The maximum absolute atomic E-state index is 13.0. The fourth-order valence-corrected chi connectivity index (χ4v) is 3.89. The van der Waals surface area contributed by atoms with E-state index in [9.17, 15) is 23.1 Å². The highest BCUT2D eigenvalue weighted by molar-refractivity contribution is 5.74. The summed E-state index contributed by atoms with van der Waals surface area (Å²) in [5.74, 6) is -0.0103. The van der Waals surface area contributed by atoms with Crippen molar-refractivity contribution in [3.8, 4) is 11.5 Å². The Kier molecular flexibility index (Phi) is 6.02. The van der Waals surface area contributed by atoms with Crippen LogP contribution in [0.5, 0.6) is 11.5 Å². The Labute approximate surface area is 166 Å². The van der Waals surface area contributed by atoms with Gasteiger partial charge in [-0.2, -0.15) is 13.2 Å². The van der Waals surface area contributed by atoms with Gasteiger partial charge in [-0.3, -0.25) is 9.69 Å². The lowest BCUT2D eigenvalue weighted by molar-refractivity contribution is -0.142. The van der Waals surface area contributed by atoms with E-state index in [0.29, 0.717) is 42.0 Å². The molecule has 0 amide bonds. The topological polar surface area (TPSA) is 59.0 Å². The Morgan fingerprint density at radius 1 is 1.10 bits per heavy atom. The molecule has 1 fully saturated rings. The highest BCUT2D eigenvalue weighted by Gasteiger charge is 2.39. The number of halogens is 3. The number of likely N-dealkylation sites (tertiary alicyclic amines) is 1. The summed E-state index contributed by atoms with van der Waals surface area (Å²) in [6, 6.07) is 8.59. The van der Waals surface area contributed by atoms with Gasteiger partial charge in [-0.15, -0.1) is 0 Å². The van der Waals surface area contributed by atoms with E-state index in [2.05, 4.69) is 0 Å². The standard InChI is InChI=1S/C21H22F3NO4/c1-28-16-6-3-7-17(29-2)18(16)19(25-12-4-5-15(25)20(26)27)13-8-10-14(11-9-13)21(22,23)24/h3,6-11,15,19H,4-5,12H2,1-2H3,(H,26,27). The van der Waals surface area contributed by atoms with Crippen LogP contribution in [0.25, 0.3) is 0 Å². The van der Waals surface area contributed by atoms with Gasteiger partial charge in [0.05, 0.1) is 31.4 Å². The van der Waals surface area contributed by atoms with Gasteiger partial charge in [-0.25, -0.2) is 0 Å². The van der Waals surface area contributed by atoms with Crippen LogP contribution in [0, 0.1) is 0 Å². The lowest BCUT2D eigenvalue weighted by Gasteiger charge is -2.33. The lowest BCUT2D eigenvalue weighted by atomic mass is 9.93. The molecule has 2 unspecified atom stereocenters. The van der Waals surface area contributed by atoms with Gasteiger partial charge in [0.1, 0.15) is 17.5 Å². The fourth-order valence-electron chi connectivity index (χ4n) is 3.89. The van der Waals surface area contributed by atoms with Crippen molar-refractivity contribution in [3.63, 3.8) is 0 Å². The van der Waals surface area contributed by atoms with Crippen molar-refractivity contribution < 1.29 is 32.5 Å². The SMILES string of the molecule is COc1cccc(OC)c1C(c1ccc(C(F)(F)F)cc1)N1CCCC1C(=O)O. The monoisotopic (exact) mass is 409 g/mol. The van der Waals surface area contributed by atoms with Crippen molar-refractivity contribution >= 4 is 5.97 Å². The first-order valence-corrected chi connectivity index (χ1v) is 9.14. The van der Waals surface area contributed by atoms with E-state index in [-0.39, 0.29) is 0 Å². The van der Waals surface area contributed by atoms with Gasteiger partial charge in [0.25, 0.3) is 0 Å². The number of benzene rings is 2. The summed E-state index contributed by atoms with van der Waals surface area (Å²) < 4.78 is 50.0. The summed E-state index contributed by atoms with van der Waals surface area (Å²) in [5.41, 5.74) is 0.363. The minimum atomic E-state index is -4.45. The van der Waals surface area contributed by atoms with Crippen LogP contribution in [-0.4, -0.2) is 42.8 Å². The van der Waals surface area contributed by atoms with Gasteiger partial charge in [-0.1, -0.05) is 18.2 Å². The minimum Gasteiger partial charge on any atom is -0.496 e. The zero-order valence-corrected chi connectivity index (χ0v) is 16.1. The molecule has 29 heavy (non-hydrogen) atoms. The number of aliphatic carboxylic acids is 1. The van der Waals surface area contributed by atoms with E-state index < -0.39 is 29.8 Å². The van der Waals surface area contributed by atoms with Gasteiger partial charge in [0.15, 0.2) is 0 Å². The van der Waals surface area contributed by atoms with Crippen LogP contribution in [0.15, 0.2) is 42.5 Å². The molecule has 0 radical (unpaired) electrons. The molecule has 3 rings (SSSR count). The molecule has 1 aliphatic heterocycles. The van der Waals surface area contributed by atoms with Crippen LogP contribution in [0.2, 0.25) is 0 Å². The zero-order chi connectivity index (χ0) is 21.2. The molecule has 1 aliphatic rings. The number of carboxylic acids is 1. The van der Waals surface area contributed by atoms with E-state index in [4.69, 9.17) is 9.47 Å². The molecule has 2 atom stereocenters. The first-order chi connectivity index (χ1) is 13.8. The van der Waals surface area contributed by atoms with Gasteiger partial charge < -0.3 is 14.6 Å². The van der Waals surface area contributed by atoms with E-state index in [1.54, 1.807) is 23.1 Å². The minimum absolute atomic E-state index is 0.462. The Balaban J connectivity index is 2.17. The predicted molar refractivity (Wildman–Crippen MR) is 100 cm³/mol. The number of ether oxygens (including phenoxy) is 2. The highest BCUT2D eigenvalue weighted by Crippen LogP contribution is 2.44. The van der Waals surface area contributed by atoms with Crippen LogP contribution in [0.1, 0.15) is 35.6 Å². The second-order valence-corrected chi connectivity index (χ2v) is 6.83. The van der Waals surface area contributed by atoms with Crippen LogP contribution in [0.4, 0.5) is 13.2 Å². The van der Waals surface area contributed by atoms with Crippen molar-refractivity contribution in [2.24, 2.45) is 0 Å². The predicted octanol–water partition coefficient (Wildman–Crippen LogP) is 4.36. The van der Waals surface area contributed by atoms with Crippen molar-refractivity contribution in [1.82, 2.24) is 4.90 Å². The van der Waals surface area contributed by atoms with Gasteiger partial charge in [-0.05, 0) is 42.7 Å². The van der Waals surface area contributed by atoms with Crippen molar-refractivity contribution in [1.29, 1.82) is 0 Å². The molecule has 1 N–H and O–H groups in total. The number of rotatable bonds is 6. The van der Waals surface area contributed by atoms with Crippen molar-refractivity contribution in [2.75, 3.05) is 20.8 Å². The number of methoxy groups -OCH3 is 2. The zero-order valence-electron chi connectivity index (χ0n) is 16.1. The molecule has 1 heterocycles. The second-order valence-electron chi connectivity index (χ2n) is 6.83. The molecule has 0 bridgehead atoms. The highest BCUT2D eigenvalue weighted by atomic mass is 19.4. The number of carboxylic acid groups (broad SMARTS) is 1. The molecule has 2 aromatic rings. The van der Waals surface area contributed by atoms with Crippen LogP contribution in [0.3, 0.4) is 0 Å². The number of hydrogen-bond acceptors (Lipinski definition) is 4. The first kappa shape index (κ1) is 21.0. The van der Waals surface area contributed by atoms with Gasteiger partial charge >= 0.3 is 12.1 Å². The molecule has 0 aliphatic carbocycles. The average Bonchev–Trinajstić information content (AvgIpc) is 3.17. The number of alkyl halides is 3. The van der Waals surface area contributed by atoms with Crippen molar-refractivity contribution in [3.05, 3.63) is 59.2 Å². The fraction of sp³-hybridized carbons (Fsp3) is 0.381. The Morgan fingerprint density at radius 3 is 2.17 bits per heavy atom. The summed E-state index contributed by atoms with van der Waals surface area (Å²) >= 11 is 0. The third-order valence-electron chi connectivity index (χ3n) is 5.20. The third-order valence-corrected chi connectivity index (χ3v) is 5.20. The van der Waals surface area contributed by atoms with E-state index in [1.165, 1.54) is 26.4 Å². The quantitative estimate of drug-likeness (QED) is 0.768. The summed E-state index contributed by atoms with van der Waals surface area (Å²) in [7, 11) is 2.97. The average molecular weight is 409 g/mol. The van der Waals surface area contributed by atoms with Crippen LogP contribution in [-0.2, 0) is 11.0 Å². The second kappa shape index (κ2) is 8.32. The maximum Gasteiger partial charge on any atom is 0.416 e. The maximum atomic E-state index is 13.0. The molecular formula is C21H22F3NO4. The Bertz CT molecular complexity index is 845. The smallest absolute Gasteiger partial charge is 0.416 e. The molecule has 0 aromatic heterocycles. The first-order valence-electron chi connectivity index (χ1n) is 9.14. The van der Waals surface area contributed by atoms with E-state index in [0.717, 1.165) is 12.1 Å². The largest absolute Gasteiger partial charge is 0.496 e. The molecule has 2 aromatic carbocycles. The van der Waals surface area contributed by atoms with Gasteiger partial charge in [0, 0.05) is 6.54 Å². The Morgan fingerprint density at radius 2 is 1.69 bits per heavy atom. The number of nitrogens with zero attached hydrogens (tertiary/aromatic N) is 1. The van der Waals surface area contributed by atoms with Crippen LogP contribution < -0.4 is 9.47 Å². The summed E-state index contributed by atoms with van der Waals surface area (Å²) in [6.07, 6.45) is -3.32. The normalized spacial score (nSPS) is 18.4. The summed E-state index contributed by atoms with van der Waals surface area (Å²) in [4.78, 5) is 13.6. The van der Waals surface area contributed by atoms with Crippen LogP contribution >= 0.6 is 0 Å². The molecule has 5 nitrogen and oxygen atoms in total. The molecule has 1 saturated heterocycles. The summed E-state index contributed by atoms with van der Waals surface area (Å²) in [6.45, 7) is 0.490. The molecule has 8 heteroatoms. The van der Waals surface area contributed by atoms with Crippen molar-refractivity contribution in [2.45, 2.75) is 31.1 Å². The number of carbonyl (C=O) groups is 1. The molecule has 156 valence electrons. The Hall–Kier alpha value is -2.74. The third kappa shape index (κ3) is 4.17. The summed E-state index contributed by atoms with van der Waals surface area (Å²) in [5, 5.41) is 9.68. The van der Waals surface area contributed by atoms with E-state index in [1.807, 2.05) is 0 Å². The molecule has 0 saturated carbocycles. The van der Waals surface area contributed by atoms with Gasteiger partial charge in [0.2, 0.25) is 0 Å². The number of hydrogen-bond donors (Lipinski definition) is 1. The lowest BCUT2D eigenvalue weighted by Crippen LogP contribution is -2.39. The molecule has 0 spiro atoms.